The van der Waals surface area contributed by atoms with Gasteiger partial charge in [0.05, 0.1) is 16.4 Å². The molecule has 0 saturated carbocycles. The van der Waals surface area contributed by atoms with Gasteiger partial charge in [0.25, 0.3) is 0 Å². The van der Waals surface area contributed by atoms with E-state index in [1.165, 1.54) is 25.7 Å². The van der Waals surface area contributed by atoms with E-state index in [0.717, 1.165) is 29.4 Å². The van der Waals surface area contributed by atoms with Crippen LogP contribution in [-0.4, -0.2) is 15.8 Å². The molecule has 1 aromatic heterocycles. The quantitative estimate of drug-likeness (QED) is 0.731. The third kappa shape index (κ3) is 4.29. The lowest BCUT2D eigenvalue weighted by Crippen LogP contribution is -2.26. The molecular weight excluding hydrogens is 246 g/mol. The van der Waals surface area contributed by atoms with Crippen LogP contribution in [0, 0.1) is 0 Å². The van der Waals surface area contributed by atoms with Crippen molar-refractivity contribution in [3.63, 3.8) is 0 Å². The molecule has 1 rings (SSSR count). The average molecular weight is 272 g/mol. The maximum absolute atomic E-state index is 6.32. The summed E-state index contributed by atoms with van der Waals surface area (Å²) in [5, 5.41) is 8.79. The lowest BCUT2D eigenvalue weighted by molar-refractivity contribution is 0.477. The number of nitrogens with one attached hydrogen (secondary N) is 1. The SMILES string of the molecule is CCCCCC(C)NCc1c(Cl)c(CC)nn1C. The van der Waals surface area contributed by atoms with E-state index in [0.29, 0.717) is 6.04 Å². The Morgan fingerprint density at radius 2 is 2.06 bits per heavy atom. The lowest BCUT2D eigenvalue weighted by atomic mass is 10.1. The zero-order valence-corrected chi connectivity index (χ0v) is 12.8. The van der Waals surface area contributed by atoms with Crippen molar-refractivity contribution in [3.8, 4) is 0 Å². The molecule has 18 heavy (non-hydrogen) atoms. The Balaban J connectivity index is 2.45. The summed E-state index contributed by atoms with van der Waals surface area (Å²) in [6.07, 6.45) is 6.01. The van der Waals surface area contributed by atoms with Gasteiger partial charge in [-0.05, 0) is 19.8 Å². The van der Waals surface area contributed by atoms with Crippen molar-refractivity contribution in [2.75, 3.05) is 0 Å². The van der Waals surface area contributed by atoms with Crippen LogP contribution in [0.3, 0.4) is 0 Å². The zero-order chi connectivity index (χ0) is 13.5. The number of unbranched alkanes of at least 4 members (excludes halogenated alkanes) is 2. The summed E-state index contributed by atoms with van der Waals surface area (Å²) in [5.74, 6) is 0. The summed E-state index contributed by atoms with van der Waals surface area (Å²) in [4.78, 5) is 0. The molecule has 0 bridgehead atoms. The molecule has 1 atom stereocenters. The van der Waals surface area contributed by atoms with E-state index in [1.54, 1.807) is 0 Å². The third-order valence-electron chi connectivity index (χ3n) is 3.36. The highest BCUT2D eigenvalue weighted by Crippen LogP contribution is 2.20. The number of hydrogen-bond donors (Lipinski definition) is 1. The maximum Gasteiger partial charge on any atom is 0.0863 e. The van der Waals surface area contributed by atoms with Crippen molar-refractivity contribution < 1.29 is 0 Å². The molecule has 0 fully saturated rings. The smallest absolute Gasteiger partial charge is 0.0863 e. The van der Waals surface area contributed by atoms with Crippen LogP contribution in [0.5, 0.6) is 0 Å². The molecule has 4 heteroatoms. The fraction of sp³-hybridized carbons (Fsp3) is 0.786. The van der Waals surface area contributed by atoms with E-state index in [-0.39, 0.29) is 0 Å². The number of hydrogen-bond acceptors (Lipinski definition) is 2. The normalized spacial score (nSPS) is 12.9. The van der Waals surface area contributed by atoms with Crippen molar-refractivity contribution in [2.45, 2.75) is 65.5 Å². The molecule has 0 aromatic carbocycles. The minimum absolute atomic E-state index is 0.535. The number of nitrogens with zero attached hydrogens (tertiary/aromatic N) is 2. The van der Waals surface area contributed by atoms with E-state index in [2.05, 4.69) is 31.2 Å². The minimum Gasteiger partial charge on any atom is -0.309 e. The van der Waals surface area contributed by atoms with Crippen molar-refractivity contribution in [3.05, 3.63) is 16.4 Å². The first-order valence-electron chi connectivity index (χ1n) is 7.03. The summed E-state index contributed by atoms with van der Waals surface area (Å²) < 4.78 is 1.90. The number of rotatable bonds is 8. The van der Waals surface area contributed by atoms with E-state index in [1.807, 2.05) is 11.7 Å². The van der Waals surface area contributed by atoms with Gasteiger partial charge in [-0.15, -0.1) is 0 Å². The summed E-state index contributed by atoms with van der Waals surface area (Å²) in [6.45, 7) is 7.36. The Kier molecular flexibility index (Phi) is 6.72. The highest BCUT2D eigenvalue weighted by Gasteiger charge is 2.13. The standard InChI is InChI=1S/C14H26ClN3/c1-5-7-8-9-11(3)16-10-13-14(15)12(6-2)17-18(13)4/h11,16H,5-10H2,1-4H3. The molecule has 1 aromatic rings. The van der Waals surface area contributed by atoms with Gasteiger partial charge in [-0.25, -0.2) is 0 Å². The van der Waals surface area contributed by atoms with Crippen molar-refractivity contribution in [1.82, 2.24) is 15.1 Å². The maximum atomic E-state index is 6.32. The van der Waals surface area contributed by atoms with Gasteiger partial charge in [0.1, 0.15) is 0 Å². The van der Waals surface area contributed by atoms with Gasteiger partial charge >= 0.3 is 0 Å². The Labute approximate surface area is 116 Å². The Morgan fingerprint density at radius 3 is 2.61 bits per heavy atom. The molecule has 0 aliphatic rings. The summed E-state index contributed by atoms with van der Waals surface area (Å²) >= 11 is 6.32. The molecule has 0 aliphatic heterocycles. The van der Waals surface area contributed by atoms with Crippen LogP contribution in [-0.2, 0) is 20.0 Å². The predicted octanol–water partition coefficient (Wildman–Crippen LogP) is 3.69. The second kappa shape index (κ2) is 7.80. The zero-order valence-electron chi connectivity index (χ0n) is 12.1. The van der Waals surface area contributed by atoms with E-state index in [9.17, 15) is 0 Å². The number of aryl methyl sites for hydroxylation is 2. The van der Waals surface area contributed by atoms with Crippen molar-refractivity contribution in [2.24, 2.45) is 7.05 Å². The van der Waals surface area contributed by atoms with Crippen molar-refractivity contribution in [1.29, 1.82) is 0 Å². The molecule has 1 unspecified atom stereocenters. The second-order valence-electron chi connectivity index (χ2n) is 4.96. The molecule has 0 aliphatic carbocycles. The van der Waals surface area contributed by atoms with Crippen LogP contribution in [0.25, 0.3) is 0 Å². The summed E-state index contributed by atoms with van der Waals surface area (Å²) in [5.41, 5.74) is 2.09. The van der Waals surface area contributed by atoms with Crippen LogP contribution in [0.4, 0.5) is 0 Å². The Hall–Kier alpha value is -0.540. The number of halogens is 1. The van der Waals surface area contributed by atoms with E-state index < -0.39 is 0 Å². The van der Waals surface area contributed by atoms with Gasteiger partial charge in [-0.2, -0.15) is 5.10 Å². The van der Waals surface area contributed by atoms with Gasteiger partial charge in [0, 0.05) is 19.6 Å². The molecule has 104 valence electrons. The van der Waals surface area contributed by atoms with Crippen LogP contribution in [0.15, 0.2) is 0 Å². The van der Waals surface area contributed by atoms with E-state index in [4.69, 9.17) is 11.6 Å². The molecule has 0 spiro atoms. The fourth-order valence-corrected chi connectivity index (χ4v) is 2.45. The molecule has 0 saturated heterocycles. The van der Waals surface area contributed by atoms with Crippen LogP contribution < -0.4 is 5.32 Å². The Bertz CT molecular complexity index is 360. The highest BCUT2D eigenvalue weighted by molar-refractivity contribution is 6.31. The summed E-state index contributed by atoms with van der Waals surface area (Å²) in [7, 11) is 1.96. The van der Waals surface area contributed by atoms with Gasteiger partial charge in [0.2, 0.25) is 0 Å². The van der Waals surface area contributed by atoms with Gasteiger partial charge in [0.15, 0.2) is 0 Å². The predicted molar refractivity (Wildman–Crippen MR) is 78.0 cm³/mol. The molecule has 3 nitrogen and oxygen atoms in total. The van der Waals surface area contributed by atoms with Gasteiger partial charge in [-0.3, -0.25) is 4.68 Å². The number of aromatic nitrogens is 2. The second-order valence-corrected chi connectivity index (χ2v) is 5.34. The van der Waals surface area contributed by atoms with Crippen LogP contribution >= 0.6 is 11.6 Å². The molecule has 1 N–H and O–H groups in total. The summed E-state index contributed by atoms with van der Waals surface area (Å²) in [6, 6.07) is 0.535. The molecule has 0 radical (unpaired) electrons. The van der Waals surface area contributed by atoms with E-state index >= 15 is 0 Å². The molecular formula is C14H26ClN3. The molecule has 1 heterocycles. The molecule has 0 amide bonds. The average Bonchev–Trinajstić information content (AvgIpc) is 2.62. The first-order chi connectivity index (χ1) is 8.60. The topological polar surface area (TPSA) is 29.9 Å². The highest BCUT2D eigenvalue weighted by atomic mass is 35.5. The lowest BCUT2D eigenvalue weighted by Gasteiger charge is -2.13. The Morgan fingerprint density at radius 1 is 1.33 bits per heavy atom. The first-order valence-corrected chi connectivity index (χ1v) is 7.41. The van der Waals surface area contributed by atoms with Crippen molar-refractivity contribution >= 4 is 11.6 Å². The van der Waals surface area contributed by atoms with Crippen LogP contribution in [0.1, 0.15) is 57.8 Å². The first kappa shape index (κ1) is 15.5. The third-order valence-corrected chi connectivity index (χ3v) is 3.80. The van der Waals surface area contributed by atoms with Gasteiger partial charge in [-0.1, -0.05) is 44.7 Å². The van der Waals surface area contributed by atoms with Crippen LogP contribution in [0.2, 0.25) is 5.02 Å². The minimum atomic E-state index is 0.535. The largest absolute Gasteiger partial charge is 0.309 e. The fourth-order valence-electron chi connectivity index (χ4n) is 2.09. The van der Waals surface area contributed by atoms with Gasteiger partial charge < -0.3 is 5.32 Å². The monoisotopic (exact) mass is 271 g/mol.